The molecule has 1 heterocycles. The van der Waals surface area contributed by atoms with Gasteiger partial charge in [-0.2, -0.15) is 0 Å². The quantitative estimate of drug-likeness (QED) is 0.354. The maximum atomic E-state index is 5.27. The lowest BCUT2D eigenvalue weighted by atomic mass is 9.77. The maximum absolute atomic E-state index is 5.27. The highest BCUT2D eigenvalue weighted by atomic mass is 15.0. The minimum atomic E-state index is 0.372. The molecule has 3 atom stereocenters. The Morgan fingerprint density at radius 1 is 1.06 bits per heavy atom. The number of rotatable bonds is 10. The van der Waals surface area contributed by atoms with E-state index in [0.717, 1.165) is 31.0 Å². The zero-order valence-corrected chi connectivity index (χ0v) is 22.0. The van der Waals surface area contributed by atoms with Crippen LogP contribution in [0.15, 0.2) is 53.2 Å². The summed E-state index contributed by atoms with van der Waals surface area (Å²) in [5.74, 6) is 3.81. The van der Waals surface area contributed by atoms with E-state index in [9.17, 15) is 0 Å². The third kappa shape index (κ3) is 6.84. The molecule has 1 fully saturated rings. The molecule has 3 unspecified atom stereocenters. The van der Waals surface area contributed by atoms with Crippen LogP contribution in [0, 0.1) is 23.7 Å². The summed E-state index contributed by atoms with van der Waals surface area (Å²) in [6.45, 7) is 16.0. The molecule has 3 rings (SSSR count). The van der Waals surface area contributed by atoms with Gasteiger partial charge in [0.1, 0.15) is 5.84 Å². The minimum Gasteiger partial charge on any atom is -0.343 e. The number of hydrogen-bond acceptors (Lipinski definition) is 2. The standard InChI is InChI=1S/C31H48N2/c1-7-13-24(8-2)30-21-29(23(6)20-22(4)5)28(9-3)31(33-30)32-27-18-16-26(17-19-27)25-14-11-10-12-15-25/h16-19,21-22,24-25,28-29H,6-15,20H2,1-5H3,(H,32,33). The number of anilines is 1. The summed E-state index contributed by atoms with van der Waals surface area (Å²) in [6, 6.07) is 9.25. The van der Waals surface area contributed by atoms with Crippen LogP contribution >= 0.6 is 0 Å². The van der Waals surface area contributed by atoms with Crippen LogP contribution in [0.25, 0.3) is 0 Å². The second kappa shape index (κ2) is 12.6. The van der Waals surface area contributed by atoms with Gasteiger partial charge >= 0.3 is 0 Å². The molecule has 1 aliphatic heterocycles. The van der Waals surface area contributed by atoms with Crippen LogP contribution in [0.1, 0.15) is 110 Å². The fourth-order valence-electron chi connectivity index (χ4n) is 5.92. The molecule has 2 nitrogen and oxygen atoms in total. The Morgan fingerprint density at radius 3 is 2.33 bits per heavy atom. The zero-order valence-electron chi connectivity index (χ0n) is 22.0. The van der Waals surface area contributed by atoms with Crippen molar-refractivity contribution in [2.75, 3.05) is 5.32 Å². The zero-order chi connectivity index (χ0) is 23.8. The van der Waals surface area contributed by atoms with E-state index in [1.165, 1.54) is 67.5 Å². The molecule has 0 aromatic heterocycles. The predicted octanol–water partition coefficient (Wildman–Crippen LogP) is 9.51. The number of benzene rings is 1. The van der Waals surface area contributed by atoms with E-state index < -0.39 is 0 Å². The van der Waals surface area contributed by atoms with E-state index >= 15 is 0 Å². The average Bonchev–Trinajstić information content (AvgIpc) is 2.82. The Labute approximate surface area is 204 Å². The first kappa shape index (κ1) is 25.8. The Morgan fingerprint density at radius 2 is 1.76 bits per heavy atom. The molecule has 0 spiro atoms. The average molecular weight is 449 g/mol. The number of amidine groups is 1. The Kier molecular flexibility index (Phi) is 9.83. The van der Waals surface area contributed by atoms with Crippen LogP contribution in [0.3, 0.4) is 0 Å². The smallest absolute Gasteiger partial charge is 0.110 e. The number of aliphatic imine (C=N–C) groups is 1. The molecule has 1 N–H and O–H groups in total. The number of nitrogens with zero attached hydrogens (tertiary/aromatic N) is 1. The van der Waals surface area contributed by atoms with Gasteiger partial charge in [-0.3, -0.25) is 0 Å². The molecular formula is C31H48N2. The monoisotopic (exact) mass is 448 g/mol. The van der Waals surface area contributed by atoms with Crippen LogP contribution in [0.5, 0.6) is 0 Å². The fraction of sp³-hybridized carbons (Fsp3) is 0.645. The summed E-state index contributed by atoms with van der Waals surface area (Å²) in [5.41, 5.74) is 5.32. The van der Waals surface area contributed by atoms with Gasteiger partial charge in [-0.25, -0.2) is 4.99 Å². The third-order valence-corrected chi connectivity index (χ3v) is 7.77. The number of allylic oxidation sites excluding steroid dienone is 3. The molecule has 0 saturated heterocycles. The molecule has 182 valence electrons. The third-order valence-electron chi connectivity index (χ3n) is 7.77. The topological polar surface area (TPSA) is 24.4 Å². The lowest BCUT2D eigenvalue weighted by Crippen LogP contribution is -2.33. The first-order valence-corrected chi connectivity index (χ1v) is 13.8. The lowest BCUT2D eigenvalue weighted by molar-refractivity contribution is 0.443. The molecule has 33 heavy (non-hydrogen) atoms. The van der Waals surface area contributed by atoms with E-state index in [-0.39, 0.29) is 0 Å². The molecular weight excluding hydrogens is 400 g/mol. The van der Waals surface area contributed by atoms with Crippen molar-refractivity contribution >= 4 is 11.5 Å². The molecule has 2 aliphatic rings. The summed E-state index contributed by atoms with van der Waals surface area (Å²) < 4.78 is 0. The summed E-state index contributed by atoms with van der Waals surface area (Å²) >= 11 is 0. The van der Waals surface area contributed by atoms with E-state index in [0.29, 0.717) is 23.7 Å². The molecule has 0 bridgehead atoms. The molecule has 2 heteroatoms. The predicted molar refractivity (Wildman–Crippen MR) is 146 cm³/mol. The maximum Gasteiger partial charge on any atom is 0.110 e. The minimum absolute atomic E-state index is 0.372. The highest BCUT2D eigenvalue weighted by Crippen LogP contribution is 2.38. The van der Waals surface area contributed by atoms with Crippen molar-refractivity contribution in [2.45, 2.75) is 105 Å². The molecule has 0 radical (unpaired) electrons. The first-order valence-electron chi connectivity index (χ1n) is 13.8. The summed E-state index contributed by atoms with van der Waals surface area (Å²) in [5, 5.41) is 3.77. The van der Waals surface area contributed by atoms with E-state index in [1.807, 2.05) is 0 Å². The van der Waals surface area contributed by atoms with Gasteiger partial charge in [0.25, 0.3) is 0 Å². The molecule has 1 aromatic carbocycles. The highest BCUT2D eigenvalue weighted by Gasteiger charge is 2.31. The van der Waals surface area contributed by atoms with Crippen molar-refractivity contribution in [3.05, 3.63) is 53.8 Å². The van der Waals surface area contributed by atoms with Gasteiger partial charge < -0.3 is 5.32 Å². The van der Waals surface area contributed by atoms with Crippen molar-refractivity contribution in [3.63, 3.8) is 0 Å². The lowest BCUT2D eigenvalue weighted by Gasteiger charge is -2.34. The van der Waals surface area contributed by atoms with Gasteiger partial charge in [0, 0.05) is 29.1 Å². The number of hydrogen-bond donors (Lipinski definition) is 1. The summed E-state index contributed by atoms with van der Waals surface area (Å²) in [4.78, 5) is 5.27. The first-order chi connectivity index (χ1) is 16.0. The van der Waals surface area contributed by atoms with Gasteiger partial charge in [-0.1, -0.05) is 90.7 Å². The molecule has 0 amide bonds. The van der Waals surface area contributed by atoms with Gasteiger partial charge in [0.05, 0.1) is 0 Å². The van der Waals surface area contributed by atoms with Crippen LogP contribution in [0.4, 0.5) is 5.69 Å². The van der Waals surface area contributed by atoms with Gasteiger partial charge in [0.15, 0.2) is 0 Å². The second-order valence-electron chi connectivity index (χ2n) is 10.9. The van der Waals surface area contributed by atoms with Crippen molar-refractivity contribution in [1.29, 1.82) is 0 Å². The van der Waals surface area contributed by atoms with Crippen LogP contribution in [0.2, 0.25) is 0 Å². The highest BCUT2D eigenvalue weighted by molar-refractivity contribution is 5.99. The summed E-state index contributed by atoms with van der Waals surface area (Å²) in [6.07, 6.45) is 15.0. The summed E-state index contributed by atoms with van der Waals surface area (Å²) in [7, 11) is 0. The number of nitrogens with one attached hydrogen (secondary N) is 1. The van der Waals surface area contributed by atoms with Crippen molar-refractivity contribution in [1.82, 2.24) is 0 Å². The molecule has 1 aliphatic carbocycles. The van der Waals surface area contributed by atoms with Gasteiger partial charge in [-0.15, -0.1) is 0 Å². The van der Waals surface area contributed by atoms with Gasteiger partial charge in [0.2, 0.25) is 0 Å². The fourth-order valence-corrected chi connectivity index (χ4v) is 5.92. The normalized spacial score (nSPS) is 22.6. The van der Waals surface area contributed by atoms with E-state index in [1.54, 1.807) is 0 Å². The van der Waals surface area contributed by atoms with Crippen molar-refractivity contribution in [3.8, 4) is 0 Å². The van der Waals surface area contributed by atoms with Crippen molar-refractivity contribution < 1.29 is 0 Å². The molecule has 1 aromatic rings. The van der Waals surface area contributed by atoms with Crippen molar-refractivity contribution in [2.24, 2.45) is 28.7 Å². The largest absolute Gasteiger partial charge is 0.343 e. The van der Waals surface area contributed by atoms with Crippen LogP contribution in [-0.2, 0) is 0 Å². The SMILES string of the molecule is C=C(CC(C)C)C1C=C(C(CC)CCC)N=C(Nc2ccc(C3CCCCC3)cc2)C1CC. The van der Waals surface area contributed by atoms with E-state index in [2.05, 4.69) is 76.9 Å². The Bertz CT molecular complexity index is 808. The van der Waals surface area contributed by atoms with Crippen LogP contribution < -0.4 is 5.32 Å². The Hall–Kier alpha value is -1.83. The Balaban J connectivity index is 1.85. The van der Waals surface area contributed by atoms with E-state index in [4.69, 9.17) is 4.99 Å². The van der Waals surface area contributed by atoms with Gasteiger partial charge in [-0.05, 0) is 68.1 Å². The van der Waals surface area contributed by atoms with Crippen LogP contribution in [-0.4, -0.2) is 5.84 Å². The molecule has 1 saturated carbocycles. The second-order valence-corrected chi connectivity index (χ2v) is 10.9.